The molecular formula is C12H24N2O. The lowest BCUT2D eigenvalue weighted by molar-refractivity contribution is -0.132. The van der Waals surface area contributed by atoms with Crippen molar-refractivity contribution in [1.82, 2.24) is 10.2 Å². The SMILES string of the molecule is CCN(CC)C(=O)C(C)NCC1CC1C. The number of nitrogens with zero attached hydrogens (tertiary/aromatic N) is 1. The zero-order valence-electron chi connectivity index (χ0n) is 10.4. The van der Waals surface area contributed by atoms with Gasteiger partial charge in [-0.15, -0.1) is 0 Å². The summed E-state index contributed by atoms with van der Waals surface area (Å²) in [5.41, 5.74) is 0. The van der Waals surface area contributed by atoms with Crippen LogP contribution in [0.4, 0.5) is 0 Å². The first-order valence-corrected chi connectivity index (χ1v) is 6.12. The number of hydrogen-bond acceptors (Lipinski definition) is 2. The second-order valence-corrected chi connectivity index (χ2v) is 4.61. The lowest BCUT2D eigenvalue weighted by Gasteiger charge is -2.23. The largest absolute Gasteiger partial charge is 0.342 e. The van der Waals surface area contributed by atoms with Crippen LogP contribution < -0.4 is 5.32 Å². The Labute approximate surface area is 93.2 Å². The van der Waals surface area contributed by atoms with Crippen molar-refractivity contribution in [1.29, 1.82) is 0 Å². The fourth-order valence-electron chi connectivity index (χ4n) is 1.91. The molecule has 1 saturated carbocycles. The predicted octanol–water partition coefficient (Wildman–Crippen LogP) is 1.49. The highest BCUT2D eigenvalue weighted by Gasteiger charge is 2.32. The topological polar surface area (TPSA) is 32.3 Å². The smallest absolute Gasteiger partial charge is 0.239 e. The minimum Gasteiger partial charge on any atom is -0.342 e. The van der Waals surface area contributed by atoms with Crippen LogP contribution in [0.25, 0.3) is 0 Å². The Morgan fingerprint density at radius 3 is 2.40 bits per heavy atom. The molecule has 0 bridgehead atoms. The van der Waals surface area contributed by atoms with Gasteiger partial charge in [0.1, 0.15) is 0 Å². The molecule has 1 aliphatic carbocycles. The molecule has 15 heavy (non-hydrogen) atoms. The number of hydrogen-bond donors (Lipinski definition) is 1. The number of nitrogens with one attached hydrogen (secondary N) is 1. The van der Waals surface area contributed by atoms with Crippen LogP contribution in [-0.4, -0.2) is 36.5 Å². The van der Waals surface area contributed by atoms with Gasteiger partial charge < -0.3 is 10.2 Å². The van der Waals surface area contributed by atoms with Gasteiger partial charge in [-0.1, -0.05) is 6.92 Å². The van der Waals surface area contributed by atoms with Gasteiger partial charge in [-0.3, -0.25) is 4.79 Å². The molecule has 3 unspecified atom stereocenters. The molecule has 0 radical (unpaired) electrons. The van der Waals surface area contributed by atoms with Gasteiger partial charge in [-0.2, -0.15) is 0 Å². The van der Waals surface area contributed by atoms with Crippen molar-refractivity contribution in [2.24, 2.45) is 11.8 Å². The van der Waals surface area contributed by atoms with Gasteiger partial charge in [0.2, 0.25) is 5.91 Å². The van der Waals surface area contributed by atoms with E-state index in [1.165, 1.54) is 6.42 Å². The van der Waals surface area contributed by atoms with Gasteiger partial charge in [-0.25, -0.2) is 0 Å². The molecule has 3 atom stereocenters. The molecule has 0 aromatic carbocycles. The van der Waals surface area contributed by atoms with E-state index in [1.54, 1.807) is 0 Å². The predicted molar refractivity (Wildman–Crippen MR) is 62.7 cm³/mol. The molecule has 1 N–H and O–H groups in total. The number of likely N-dealkylation sites (N-methyl/N-ethyl adjacent to an activating group) is 1. The van der Waals surface area contributed by atoms with Gasteiger partial charge in [0, 0.05) is 13.1 Å². The molecule has 0 aliphatic heterocycles. The summed E-state index contributed by atoms with van der Waals surface area (Å²) >= 11 is 0. The summed E-state index contributed by atoms with van der Waals surface area (Å²) in [7, 11) is 0. The van der Waals surface area contributed by atoms with Crippen LogP contribution >= 0.6 is 0 Å². The van der Waals surface area contributed by atoms with E-state index >= 15 is 0 Å². The van der Waals surface area contributed by atoms with E-state index in [1.807, 2.05) is 25.7 Å². The molecule has 0 aromatic rings. The van der Waals surface area contributed by atoms with Crippen molar-refractivity contribution in [3.63, 3.8) is 0 Å². The van der Waals surface area contributed by atoms with Crippen LogP contribution in [0.3, 0.4) is 0 Å². The van der Waals surface area contributed by atoms with E-state index in [2.05, 4.69) is 12.2 Å². The lowest BCUT2D eigenvalue weighted by atomic mass is 10.2. The Morgan fingerprint density at radius 1 is 1.47 bits per heavy atom. The van der Waals surface area contributed by atoms with Crippen LogP contribution in [0.5, 0.6) is 0 Å². The van der Waals surface area contributed by atoms with Gasteiger partial charge >= 0.3 is 0 Å². The molecular weight excluding hydrogens is 188 g/mol. The first kappa shape index (κ1) is 12.5. The summed E-state index contributed by atoms with van der Waals surface area (Å²) in [6.45, 7) is 10.9. The summed E-state index contributed by atoms with van der Waals surface area (Å²) in [5, 5.41) is 3.33. The van der Waals surface area contributed by atoms with E-state index < -0.39 is 0 Å². The zero-order chi connectivity index (χ0) is 11.4. The summed E-state index contributed by atoms with van der Waals surface area (Å²) in [5.74, 6) is 1.89. The fraction of sp³-hybridized carbons (Fsp3) is 0.917. The van der Waals surface area contributed by atoms with Crippen LogP contribution in [0.1, 0.15) is 34.1 Å². The summed E-state index contributed by atoms with van der Waals surface area (Å²) in [6, 6.07) is -0.0299. The molecule has 0 spiro atoms. The minimum absolute atomic E-state index is 0.0299. The Hall–Kier alpha value is -0.570. The number of rotatable bonds is 6. The first-order valence-electron chi connectivity index (χ1n) is 6.12. The highest BCUT2D eigenvalue weighted by atomic mass is 16.2. The van der Waals surface area contributed by atoms with E-state index in [-0.39, 0.29) is 11.9 Å². The molecule has 3 nitrogen and oxygen atoms in total. The van der Waals surface area contributed by atoms with Gasteiger partial charge in [-0.05, 0) is 45.6 Å². The zero-order valence-corrected chi connectivity index (χ0v) is 10.4. The maximum absolute atomic E-state index is 11.9. The molecule has 1 amide bonds. The third kappa shape index (κ3) is 3.49. The Kier molecular flexibility index (Phi) is 4.58. The fourth-order valence-corrected chi connectivity index (χ4v) is 1.91. The number of carbonyl (C=O) groups is 1. The second kappa shape index (κ2) is 5.50. The Bertz CT molecular complexity index is 214. The van der Waals surface area contributed by atoms with Crippen LogP contribution in [0, 0.1) is 11.8 Å². The third-order valence-electron chi connectivity index (χ3n) is 3.41. The third-order valence-corrected chi connectivity index (χ3v) is 3.41. The average molecular weight is 212 g/mol. The van der Waals surface area contributed by atoms with Crippen LogP contribution in [0.15, 0.2) is 0 Å². The van der Waals surface area contributed by atoms with Crippen molar-refractivity contribution >= 4 is 5.91 Å². The first-order chi connectivity index (χ1) is 7.10. The summed E-state index contributed by atoms with van der Waals surface area (Å²) < 4.78 is 0. The van der Waals surface area contributed by atoms with E-state index in [0.29, 0.717) is 0 Å². The quantitative estimate of drug-likeness (QED) is 0.723. The molecule has 1 rings (SSSR count). The van der Waals surface area contributed by atoms with Crippen LogP contribution in [-0.2, 0) is 4.79 Å². The van der Waals surface area contributed by atoms with Crippen molar-refractivity contribution in [3.05, 3.63) is 0 Å². The van der Waals surface area contributed by atoms with Gasteiger partial charge in [0.05, 0.1) is 6.04 Å². The van der Waals surface area contributed by atoms with E-state index in [0.717, 1.165) is 31.5 Å². The maximum Gasteiger partial charge on any atom is 0.239 e. The summed E-state index contributed by atoms with van der Waals surface area (Å²) in [6.07, 6.45) is 1.32. The molecule has 1 fully saturated rings. The Morgan fingerprint density at radius 2 is 2.00 bits per heavy atom. The number of amides is 1. The Balaban J connectivity index is 2.25. The van der Waals surface area contributed by atoms with E-state index in [9.17, 15) is 4.79 Å². The van der Waals surface area contributed by atoms with Crippen molar-refractivity contribution in [3.8, 4) is 0 Å². The molecule has 3 heteroatoms. The minimum atomic E-state index is -0.0299. The molecule has 0 aromatic heterocycles. The lowest BCUT2D eigenvalue weighted by Crippen LogP contribution is -2.45. The standard InChI is InChI=1S/C12H24N2O/c1-5-14(6-2)12(15)10(4)13-8-11-7-9(11)3/h9-11,13H,5-8H2,1-4H3. The highest BCUT2D eigenvalue weighted by Crippen LogP contribution is 2.36. The molecule has 88 valence electrons. The highest BCUT2D eigenvalue weighted by molar-refractivity contribution is 5.81. The average Bonchev–Trinajstić information content (AvgIpc) is 2.92. The monoisotopic (exact) mass is 212 g/mol. The van der Waals surface area contributed by atoms with Gasteiger partial charge in [0.25, 0.3) is 0 Å². The molecule has 1 aliphatic rings. The second-order valence-electron chi connectivity index (χ2n) is 4.61. The van der Waals surface area contributed by atoms with Crippen molar-refractivity contribution in [2.75, 3.05) is 19.6 Å². The molecule has 0 saturated heterocycles. The van der Waals surface area contributed by atoms with Gasteiger partial charge in [0.15, 0.2) is 0 Å². The normalized spacial score (nSPS) is 26.1. The maximum atomic E-state index is 11.9. The number of carbonyl (C=O) groups excluding carboxylic acids is 1. The van der Waals surface area contributed by atoms with Crippen LogP contribution in [0.2, 0.25) is 0 Å². The van der Waals surface area contributed by atoms with E-state index in [4.69, 9.17) is 0 Å². The van der Waals surface area contributed by atoms with Crippen molar-refractivity contribution < 1.29 is 4.79 Å². The molecule has 0 heterocycles. The summed E-state index contributed by atoms with van der Waals surface area (Å²) in [4.78, 5) is 13.8. The van der Waals surface area contributed by atoms with Crippen molar-refractivity contribution in [2.45, 2.75) is 40.2 Å².